The average Bonchev–Trinajstić information content (AvgIpc) is 3.16. The number of para-hydroxylation sites is 1. The number of benzene rings is 3. The fourth-order valence-electron chi connectivity index (χ4n) is 3.54. The molecule has 3 aromatic rings. The van der Waals surface area contributed by atoms with E-state index in [9.17, 15) is 9.59 Å². The molecule has 0 spiro atoms. The summed E-state index contributed by atoms with van der Waals surface area (Å²) in [5.41, 5.74) is 1.85. The standard InChI is InChI=1S/C26H22O7/c1-15-20(33-26(28)18-7-5-6-8-22(18)31-4)12-10-19-24(27)23(32-25(15)19)14-16-13-17(29-2)9-11-21(16)30-3/h5-14H,1-4H3/b23-14-. The van der Waals surface area contributed by atoms with Crippen LogP contribution in [0, 0.1) is 6.92 Å². The summed E-state index contributed by atoms with van der Waals surface area (Å²) in [5, 5.41) is 0. The molecule has 168 valence electrons. The molecular formula is C26H22O7. The number of hydrogen-bond acceptors (Lipinski definition) is 7. The van der Waals surface area contributed by atoms with Crippen LogP contribution in [0.25, 0.3) is 6.08 Å². The molecule has 1 aliphatic heterocycles. The van der Waals surface area contributed by atoms with Crippen molar-refractivity contribution >= 4 is 17.8 Å². The fraction of sp³-hybridized carbons (Fsp3) is 0.154. The quantitative estimate of drug-likeness (QED) is 0.304. The Balaban J connectivity index is 1.64. The monoisotopic (exact) mass is 446 g/mol. The van der Waals surface area contributed by atoms with Gasteiger partial charge in [0.15, 0.2) is 5.76 Å². The molecule has 33 heavy (non-hydrogen) atoms. The van der Waals surface area contributed by atoms with Crippen molar-refractivity contribution in [1.29, 1.82) is 0 Å². The van der Waals surface area contributed by atoms with Gasteiger partial charge in [-0.25, -0.2) is 4.79 Å². The zero-order chi connectivity index (χ0) is 23.5. The lowest BCUT2D eigenvalue weighted by Crippen LogP contribution is -2.11. The van der Waals surface area contributed by atoms with Gasteiger partial charge >= 0.3 is 5.97 Å². The Morgan fingerprint density at radius 2 is 1.61 bits per heavy atom. The predicted octanol–water partition coefficient (Wildman–Crippen LogP) is 4.86. The van der Waals surface area contributed by atoms with Crippen molar-refractivity contribution in [3.05, 3.63) is 82.6 Å². The molecule has 0 saturated carbocycles. The molecule has 7 nitrogen and oxygen atoms in total. The number of fused-ring (bicyclic) bond motifs is 1. The van der Waals surface area contributed by atoms with Crippen LogP contribution in [0.3, 0.4) is 0 Å². The summed E-state index contributed by atoms with van der Waals surface area (Å²) in [6.07, 6.45) is 1.60. The van der Waals surface area contributed by atoms with Crippen molar-refractivity contribution in [3.63, 3.8) is 0 Å². The first-order valence-electron chi connectivity index (χ1n) is 10.1. The van der Waals surface area contributed by atoms with E-state index < -0.39 is 5.97 Å². The number of carbonyl (C=O) groups is 2. The van der Waals surface area contributed by atoms with Crippen molar-refractivity contribution in [1.82, 2.24) is 0 Å². The van der Waals surface area contributed by atoms with E-state index in [2.05, 4.69) is 0 Å². The van der Waals surface area contributed by atoms with Gasteiger partial charge in [0.2, 0.25) is 5.78 Å². The van der Waals surface area contributed by atoms with Crippen LogP contribution in [0.5, 0.6) is 28.7 Å². The van der Waals surface area contributed by atoms with Gasteiger partial charge < -0.3 is 23.7 Å². The summed E-state index contributed by atoms with van der Waals surface area (Å²) >= 11 is 0. The number of carbonyl (C=O) groups excluding carboxylic acids is 2. The third-order valence-electron chi connectivity index (χ3n) is 5.29. The van der Waals surface area contributed by atoms with Crippen molar-refractivity contribution in [2.45, 2.75) is 6.92 Å². The molecule has 7 heteroatoms. The average molecular weight is 446 g/mol. The largest absolute Gasteiger partial charge is 0.497 e. The summed E-state index contributed by atoms with van der Waals surface area (Å²) in [5.74, 6) is 1.51. The maximum Gasteiger partial charge on any atom is 0.347 e. The van der Waals surface area contributed by atoms with Gasteiger partial charge in [0, 0.05) is 11.1 Å². The third-order valence-corrected chi connectivity index (χ3v) is 5.29. The highest BCUT2D eigenvalue weighted by Gasteiger charge is 2.31. The number of hydrogen-bond donors (Lipinski definition) is 0. The summed E-state index contributed by atoms with van der Waals surface area (Å²) in [4.78, 5) is 25.7. The molecule has 0 atom stereocenters. The minimum Gasteiger partial charge on any atom is -0.497 e. The highest BCUT2D eigenvalue weighted by atomic mass is 16.5. The van der Waals surface area contributed by atoms with Crippen molar-refractivity contribution in [3.8, 4) is 28.7 Å². The molecule has 0 aliphatic carbocycles. The van der Waals surface area contributed by atoms with Crippen LogP contribution in [0.15, 0.2) is 60.4 Å². The fourth-order valence-corrected chi connectivity index (χ4v) is 3.54. The molecular weight excluding hydrogens is 424 g/mol. The maximum absolute atomic E-state index is 13.0. The van der Waals surface area contributed by atoms with E-state index in [0.29, 0.717) is 45.3 Å². The Morgan fingerprint density at radius 1 is 0.879 bits per heavy atom. The van der Waals surface area contributed by atoms with E-state index in [1.165, 1.54) is 7.11 Å². The Labute approximate surface area is 191 Å². The van der Waals surface area contributed by atoms with E-state index in [1.807, 2.05) is 0 Å². The first-order valence-corrected chi connectivity index (χ1v) is 10.1. The van der Waals surface area contributed by atoms with E-state index in [1.54, 1.807) is 81.8 Å². The summed E-state index contributed by atoms with van der Waals surface area (Å²) in [6, 6.07) is 15.2. The second-order valence-electron chi connectivity index (χ2n) is 7.20. The van der Waals surface area contributed by atoms with Crippen molar-refractivity contribution in [2.75, 3.05) is 21.3 Å². The maximum atomic E-state index is 13.0. The van der Waals surface area contributed by atoms with Crippen LogP contribution in [0.2, 0.25) is 0 Å². The number of Topliss-reactive ketones (excluding diaryl/α,β-unsaturated/α-hetero) is 1. The minimum atomic E-state index is -0.572. The highest BCUT2D eigenvalue weighted by molar-refractivity contribution is 6.15. The van der Waals surface area contributed by atoms with E-state index in [4.69, 9.17) is 23.7 Å². The van der Waals surface area contributed by atoms with E-state index >= 15 is 0 Å². The van der Waals surface area contributed by atoms with Crippen LogP contribution >= 0.6 is 0 Å². The smallest absolute Gasteiger partial charge is 0.347 e. The van der Waals surface area contributed by atoms with Crippen LogP contribution in [-0.2, 0) is 0 Å². The molecule has 1 heterocycles. The van der Waals surface area contributed by atoms with Gasteiger partial charge in [-0.2, -0.15) is 0 Å². The Hall–Kier alpha value is -4.26. The summed E-state index contributed by atoms with van der Waals surface area (Å²) < 4.78 is 27.4. The molecule has 0 aromatic heterocycles. The molecule has 0 fully saturated rings. The van der Waals surface area contributed by atoms with Crippen LogP contribution < -0.4 is 23.7 Å². The lowest BCUT2D eigenvalue weighted by atomic mass is 10.1. The van der Waals surface area contributed by atoms with Gasteiger partial charge in [0.25, 0.3) is 0 Å². The number of ether oxygens (including phenoxy) is 5. The molecule has 0 radical (unpaired) electrons. The Morgan fingerprint density at radius 3 is 2.33 bits per heavy atom. The first-order chi connectivity index (χ1) is 16.0. The Kier molecular flexibility index (Phi) is 6.04. The topological polar surface area (TPSA) is 80.3 Å². The second kappa shape index (κ2) is 9.08. The number of ketones is 1. The SMILES string of the molecule is COc1ccc(OC)c(/C=C2\Oc3c(ccc(OC(=O)c4ccccc4OC)c3C)C2=O)c1. The molecule has 0 unspecified atom stereocenters. The summed E-state index contributed by atoms with van der Waals surface area (Å²) in [7, 11) is 4.59. The van der Waals surface area contributed by atoms with Gasteiger partial charge in [-0.3, -0.25) is 4.79 Å². The molecule has 0 amide bonds. The van der Waals surface area contributed by atoms with Crippen molar-refractivity contribution < 1.29 is 33.3 Å². The first kappa shape index (κ1) is 22.0. The molecule has 3 aromatic carbocycles. The lowest BCUT2D eigenvalue weighted by molar-refractivity contribution is 0.0729. The number of methoxy groups -OCH3 is 3. The molecule has 4 rings (SSSR count). The zero-order valence-electron chi connectivity index (χ0n) is 18.6. The number of rotatable bonds is 6. The highest BCUT2D eigenvalue weighted by Crippen LogP contribution is 2.40. The number of allylic oxidation sites excluding steroid dienone is 1. The third kappa shape index (κ3) is 4.13. The van der Waals surface area contributed by atoms with Crippen LogP contribution in [0.4, 0.5) is 0 Å². The van der Waals surface area contributed by atoms with Crippen LogP contribution in [0.1, 0.15) is 31.8 Å². The number of esters is 1. The van der Waals surface area contributed by atoms with Gasteiger partial charge in [-0.15, -0.1) is 0 Å². The lowest BCUT2D eigenvalue weighted by Gasteiger charge is -2.11. The molecule has 1 aliphatic rings. The van der Waals surface area contributed by atoms with Crippen LogP contribution in [-0.4, -0.2) is 33.1 Å². The van der Waals surface area contributed by atoms with Gasteiger partial charge in [0.05, 0.1) is 26.9 Å². The van der Waals surface area contributed by atoms with Gasteiger partial charge in [0.1, 0.15) is 34.3 Å². The molecule has 0 N–H and O–H groups in total. The molecule has 0 bridgehead atoms. The van der Waals surface area contributed by atoms with Gasteiger partial charge in [-0.05, 0) is 55.5 Å². The second-order valence-corrected chi connectivity index (χ2v) is 7.20. The minimum absolute atomic E-state index is 0.132. The van der Waals surface area contributed by atoms with Gasteiger partial charge in [-0.1, -0.05) is 12.1 Å². The Bertz CT molecular complexity index is 1270. The summed E-state index contributed by atoms with van der Waals surface area (Å²) in [6.45, 7) is 1.73. The van der Waals surface area contributed by atoms with E-state index in [0.717, 1.165) is 0 Å². The predicted molar refractivity (Wildman–Crippen MR) is 122 cm³/mol. The zero-order valence-corrected chi connectivity index (χ0v) is 18.6. The normalized spacial score (nSPS) is 13.3. The van der Waals surface area contributed by atoms with E-state index in [-0.39, 0.29) is 17.3 Å². The molecule has 0 saturated heterocycles. The van der Waals surface area contributed by atoms with Crippen molar-refractivity contribution in [2.24, 2.45) is 0 Å².